The molecule has 0 atom stereocenters. The van der Waals surface area contributed by atoms with Gasteiger partial charge in [-0.05, 0) is 36.4 Å². The van der Waals surface area contributed by atoms with E-state index in [1.54, 1.807) is 24.3 Å². The summed E-state index contributed by atoms with van der Waals surface area (Å²) >= 11 is 7.26. The highest BCUT2D eigenvalue weighted by Gasteiger charge is 2.10. The molecule has 6 heteroatoms. The predicted molar refractivity (Wildman–Crippen MR) is 75.8 cm³/mol. The average molecular weight is 317 g/mol. The minimum Gasteiger partial charge on any atom is -0.508 e. The van der Waals surface area contributed by atoms with E-state index in [2.05, 4.69) is 4.74 Å². The highest BCUT2D eigenvalue weighted by molar-refractivity contribution is 7.98. The van der Waals surface area contributed by atoms with Crippen LogP contribution in [-0.4, -0.2) is 11.7 Å². The van der Waals surface area contributed by atoms with Crippen molar-refractivity contribution in [3.63, 3.8) is 0 Å². The molecule has 2 aromatic rings. The summed E-state index contributed by atoms with van der Waals surface area (Å²) in [6, 6.07) is 11.2. The molecule has 2 rings (SSSR count). The first-order chi connectivity index (χ1) is 9.54. The molecule has 20 heavy (non-hydrogen) atoms. The molecule has 2 nitrogen and oxygen atoms in total. The van der Waals surface area contributed by atoms with Gasteiger partial charge in [-0.2, -0.15) is 8.78 Å². The number of benzene rings is 2. The Kier molecular flexibility index (Phi) is 5.09. The number of halogens is 3. The Hall–Kier alpha value is -1.46. The molecule has 0 heterocycles. The van der Waals surface area contributed by atoms with Crippen LogP contribution in [0.1, 0.15) is 5.56 Å². The zero-order chi connectivity index (χ0) is 14.5. The van der Waals surface area contributed by atoms with Gasteiger partial charge in [-0.3, -0.25) is 0 Å². The molecule has 1 N–H and O–H groups in total. The van der Waals surface area contributed by atoms with E-state index in [-0.39, 0.29) is 11.5 Å². The van der Waals surface area contributed by atoms with Crippen LogP contribution in [0.25, 0.3) is 0 Å². The van der Waals surface area contributed by atoms with E-state index in [0.717, 1.165) is 4.90 Å². The van der Waals surface area contributed by atoms with Crippen LogP contribution < -0.4 is 4.74 Å². The van der Waals surface area contributed by atoms with E-state index in [9.17, 15) is 13.9 Å². The van der Waals surface area contributed by atoms with Crippen molar-refractivity contribution in [3.8, 4) is 11.5 Å². The molecular weight excluding hydrogens is 306 g/mol. The monoisotopic (exact) mass is 316 g/mol. The highest BCUT2D eigenvalue weighted by atomic mass is 35.5. The van der Waals surface area contributed by atoms with E-state index in [4.69, 9.17) is 11.6 Å². The van der Waals surface area contributed by atoms with Crippen LogP contribution in [0.15, 0.2) is 47.4 Å². The number of aromatic hydroxyl groups is 1. The van der Waals surface area contributed by atoms with Gasteiger partial charge in [0, 0.05) is 21.2 Å². The van der Waals surface area contributed by atoms with E-state index in [1.807, 2.05) is 6.07 Å². The lowest BCUT2D eigenvalue weighted by molar-refractivity contribution is -0.0503. The number of alkyl halides is 2. The Morgan fingerprint density at radius 3 is 2.70 bits per heavy atom. The van der Waals surface area contributed by atoms with Gasteiger partial charge in [0.25, 0.3) is 0 Å². The van der Waals surface area contributed by atoms with Crippen LogP contribution in [-0.2, 0) is 5.75 Å². The van der Waals surface area contributed by atoms with E-state index in [0.29, 0.717) is 16.3 Å². The number of phenolic OH excluding ortho intramolecular Hbond substituents is 1. The largest absolute Gasteiger partial charge is 0.508 e. The lowest BCUT2D eigenvalue weighted by Gasteiger charge is -2.11. The molecule has 0 aliphatic carbocycles. The fourth-order valence-electron chi connectivity index (χ4n) is 1.61. The Morgan fingerprint density at radius 1 is 1.20 bits per heavy atom. The third-order valence-corrected chi connectivity index (χ3v) is 3.73. The lowest BCUT2D eigenvalue weighted by atomic mass is 10.2. The maximum absolute atomic E-state index is 12.3. The summed E-state index contributed by atoms with van der Waals surface area (Å²) in [5.74, 6) is 0.675. The highest BCUT2D eigenvalue weighted by Crippen LogP contribution is 2.32. The summed E-state index contributed by atoms with van der Waals surface area (Å²) in [7, 11) is 0. The summed E-state index contributed by atoms with van der Waals surface area (Å²) in [5.41, 5.74) is 0.575. The zero-order valence-corrected chi connectivity index (χ0v) is 11.8. The Bertz CT molecular complexity index is 593. The molecule has 0 amide bonds. The molecule has 0 aliphatic rings. The topological polar surface area (TPSA) is 29.5 Å². The molecule has 0 fully saturated rings. The van der Waals surface area contributed by atoms with Crippen molar-refractivity contribution < 1.29 is 18.6 Å². The van der Waals surface area contributed by atoms with Gasteiger partial charge < -0.3 is 9.84 Å². The van der Waals surface area contributed by atoms with Gasteiger partial charge in [0.1, 0.15) is 11.5 Å². The normalized spacial score (nSPS) is 10.8. The summed E-state index contributed by atoms with van der Waals surface area (Å²) in [6.45, 7) is -2.87. The van der Waals surface area contributed by atoms with Crippen LogP contribution in [0.4, 0.5) is 8.78 Å². The molecule has 0 aliphatic heterocycles. The number of hydrogen-bond donors (Lipinski definition) is 1. The lowest BCUT2D eigenvalue weighted by Crippen LogP contribution is -2.04. The van der Waals surface area contributed by atoms with Gasteiger partial charge in [0.15, 0.2) is 0 Å². The summed E-state index contributed by atoms with van der Waals surface area (Å²) in [5, 5.41) is 9.83. The minimum atomic E-state index is -2.87. The molecule has 0 unspecified atom stereocenters. The molecule has 0 saturated carbocycles. The summed E-state index contributed by atoms with van der Waals surface area (Å²) in [4.78, 5) is 0.827. The first-order valence-electron chi connectivity index (χ1n) is 5.69. The van der Waals surface area contributed by atoms with Crippen LogP contribution in [0.2, 0.25) is 5.02 Å². The summed E-state index contributed by atoms with van der Waals surface area (Å²) in [6.07, 6.45) is 0. The smallest absolute Gasteiger partial charge is 0.387 e. The number of hydrogen-bond acceptors (Lipinski definition) is 3. The second-order valence-electron chi connectivity index (χ2n) is 3.92. The van der Waals surface area contributed by atoms with Crippen LogP contribution >= 0.6 is 23.4 Å². The van der Waals surface area contributed by atoms with Crippen molar-refractivity contribution in [3.05, 3.63) is 53.1 Å². The fourth-order valence-corrected chi connectivity index (χ4v) is 2.73. The molecule has 0 aromatic heterocycles. The van der Waals surface area contributed by atoms with Crippen molar-refractivity contribution in [1.29, 1.82) is 0 Å². The third-order valence-electron chi connectivity index (χ3n) is 2.45. The molecule has 0 bridgehead atoms. The molecule has 0 saturated heterocycles. The van der Waals surface area contributed by atoms with E-state index in [1.165, 1.54) is 23.9 Å². The quantitative estimate of drug-likeness (QED) is 0.792. The second kappa shape index (κ2) is 6.81. The van der Waals surface area contributed by atoms with Crippen molar-refractivity contribution in [2.45, 2.75) is 17.3 Å². The number of rotatable bonds is 5. The molecule has 106 valence electrons. The Morgan fingerprint density at radius 2 is 2.00 bits per heavy atom. The van der Waals surface area contributed by atoms with Crippen LogP contribution in [0, 0.1) is 0 Å². The molecule has 2 aromatic carbocycles. The minimum absolute atomic E-state index is 0.108. The van der Waals surface area contributed by atoms with Gasteiger partial charge in [-0.25, -0.2) is 0 Å². The number of thioether (sulfide) groups is 1. The summed E-state index contributed by atoms with van der Waals surface area (Å²) < 4.78 is 29.1. The van der Waals surface area contributed by atoms with Crippen molar-refractivity contribution >= 4 is 23.4 Å². The van der Waals surface area contributed by atoms with Crippen molar-refractivity contribution in [1.82, 2.24) is 0 Å². The van der Waals surface area contributed by atoms with Crippen LogP contribution in [0.5, 0.6) is 11.5 Å². The first kappa shape index (κ1) is 14.9. The molecule has 0 radical (unpaired) electrons. The van der Waals surface area contributed by atoms with E-state index >= 15 is 0 Å². The third kappa shape index (κ3) is 4.28. The van der Waals surface area contributed by atoms with Gasteiger partial charge in [-0.1, -0.05) is 17.7 Å². The zero-order valence-electron chi connectivity index (χ0n) is 10.2. The maximum atomic E-state index is 12.3. The standard InChI is InChI=1S/C14H11ClF2O2S/c15-10-4-5-13(19-14(16)17)9(6-10)8-20-12-3-1-2-11(18)7-12/h1-7,14,18H,8H2. The predicted octanol–water partition coefficient (Wildman–Crippen LogP) is 4.94. The van der Waals surface area contributed by atoms with Gasteiger partial charge in [0.2, 0.25) is 0 Å². The van der Waals surface area contributed by atoms with Crippen LogP contribution in [0.3, 0.4) is 0 Å². The second-order valence-corrected chi connectivity index (χ2v) is 5.40. The van der Waals surface area contributed by atoms with Gasteiger partial charge in [-0.15, -0.1) is 11.8 Å². The fraction of sp³-hybridized carbons (Fsp3) is 0.143. The maximum Gasteiger partial charge on any atom is 0.387 e. The Labute approximate surface area is 124 Å². The SMILES string of the molecule is Oc1cccc(SCc2cc(Cl)ccc2OC(F)F)c1. The number of ether oxygens (including phenoxy) is 1. The molecule has 0 spiro atoms. The van der Waals surface area contributed by atoms with E-state index < -0.39 is 6.61 Å². The Balaban J connectivity index is 2.13. The molecular formula is C14H11ClF2O2S. The first-order valence-corrected chi connectivity index (χ1v) is 7.06. The van der Waals surface area contributed by atoms with Crippen molar-refractivity contribution in [2.24, 2.45) is 0 Å². The number of phenols is 1. The van der Waals surface area contributed by atoms with Crippen molar-refractivity contribution in [2.75, 3.05) is 0 Å². The van der Waals surface area contributed by atoms with Gasteiger partial charge >= 0.3 is 6.61 Å². The van der Waals surface area contributed by atoms with Gasteiger partial charge in [0.05, 0.1) is 0 Å². The average Bonchev–Trinajstić information content (AvgIpc) is 2.39.